The largest absolute Gasteiger partial charge is 0.459 e. The molecule has 1 aromatic heterocycles. The van der Waals surface area contributed by atoms with Gasteiger partial charge in [0.2, 0.25) is 5.91 Å². The number of carbonyl (C=O) groups is 1. The van der Waals surface area contributed by atoms with Crippen molar-refractivity contribution in [1.82, 2.24) is 10.2 Å². The summed E-state index contributed by atoms with van der Waals surface area (Å²) in [5.74, 6) is 1.09. The second-order valence-corrected chi connectivity index (χ2v) is 6.89. The fourth-order valence-corrected chi connectivity index (χ4v) is 3.71. The summed E-state index contributed by atoms with van der Waals surface area (Å²) in [7, 11) is 0. The molecule has 1 N–H and O–H groups in total. The first-order valence-electron chi connectivity index (χ1n) is 9.15. The molecule has 0 saturated carbocycles. The molecule has 3 atom stereocenters. The molecule has 24 heavy (non-hydrogen) atoms. The molecule has 130 valence electrons. The van der Waals surface area contributed by atoms with Crippen molar-refractivity contribution in [2.45, 2.75) is 64.6 Å². The number of nitrogens with one attached hydrogen (secondary N) is 1. The molecule has 3 unspecified atom stereocenters. The number of hydrogen-bond acceptors (Lipinski definition) is 3. The Hall–Kier alpha value is -1.81. The lowest BCUT2D eigenvalue weighted by Crippen LogP contribution is -2.51. The van der Waals surface area contributed by atoms with Gasteiger partial charge in [0, 0.05) is 18.0 Å². The molecule has 2 aromatic rings. The van der Waals surface area contributed by atoms with E-state index < -0.39 is 0 Å². The predicted molar refractivity (Wildman–Crippen MR) is 96.9 cm³/mol. The first-order valence-corrected chi connectivity index (χ1v) is 9.15. The van der Waals surface area contributed by atoms with Gasteiger partial charge in [-0.2, -0.15) is 0 Å². The van der Waals surface area contributed by atoms with Gasteiger partial charge >= 0.3 is 0 Å². The lowest BCUT2D eigenvalue weighted by Gasteiger charge is -2.37. The van der Waals surface area contributed by atoms with Crippen molar-refractivity contribution >= 4 is 16.9 Å². The Labute approximate surface area is 144 Å². The van der Waals surface area contributed by atoms with Gasteiger partial charge in [0.1, 0.15) is 11.3 Å². The number of nitrogens with zero attached hydrogens (tertiary/aromatic N) is 1. The van der Waals surface area contributed by atoms with Crippen molar-refractivity contribution in [3.05, 3.63) is 36.1 Å². The summed E-state index contributed by atoms with van der Waals surface area (Å²) < 4.78 is 5.91. The van der Waals surface area contributed by atoms with E-state index in [1.54, 1.807) is 0 Å². The van der Waals surface area contributed by atoms with Crippen LogP contribution in [0.25, 0.3) is 11.0 Å². The number of likely N-dealkylation sites (tertiary alicyclic amines) is 1. The molecule has 0 bridgehead atoms. The average molecular weight is 328 g/mol. The van der Waals surface area contributed by atoms with Crippen molar-refractivity contribution in [2.24, 2.45) is 0 Å². The highest BCUT2D eigenvalue weighted by Crippen LogP contribution is 2.25. The summed E-state index contributed by atoms with van der Waals surface area (Å²) in [6.45, 7) is 7.07. The smallest absolute Gasteiger partial charge is 0.239 e. The van der Waals surface area contributed by atoms with E-state index in [-0.39, 0.29) is 18.0 Å². The van der Waals surface area contributed by atoms with Gasteiger partial charge in [0.25, 0.3) is 0 Å². The van der Waals surface area contributed by atoms with E-state index in [0.29, 0.717) is 6.04 Å². The van der Waals surface area contributed by atoms with Crippen LogP contribution in [0.5, 0.6) is 0 Å². The van der Waals surface area contributed by atoms with Crippen LogP contribution in [0.3, 0.4) is 0 Å². The number of hydrogen-bond donors (Lipinski definition) is 1. The van der Waals surface area contributed by atoms with Crippen LogP contribution >= 0.6 is 0 Å². The molecule has 4 nitrogen and oxygen atoms in total. The van der Waals surface area contributed by atoms with Crippen LogP contribution in [0.2, 0.25) is 0 Å². The third-order valence-electron chi connectivity index (χ3n) is 5.12. The lowest BCUT2D eigenvalue weighted by molar-refractivity contribution is -0.137. The monoisotopic (exact) mass is 328 g/mol. The number of amides is 1. The maximum atomic E-state index is 12.8. The number of carbonyl (C=O) groups excluding carboxylic acids is 1. The second-order valence-electron chi connectivity index (χ2n) is 6.89. The van der Waals surface area contributed by atoms with Gasteiger partial charge < -0.3 is 9.32 Å². The molecule has 1 fully saturated rings. The number of furan rings is 1. The van der Waals surface area contributed by atoms with E-state index in [0.717, 1.165) is 42.5 Å². The minimum atomic E-state index is -0.208. The zero-order valence-corrected chi connectivity index (χ0v) is 14.9. The predicted octanol–water partition coefficient (Wildman–Crippen LogP) is 4.26. The number of fused-ring (bicyclic) bond motifs is 1. The summed E-state index contributed by atoms with van der Waals surface area (Å²) in [6, 6.07) is 10.2. The van der Waals surface area contributed by atoms with Gasteiger partial charge in [-0.15, -0.1) is 0 Å². The Kier molecular flexibility index (Phi) is 5.24. The van der Waals surface area contributed by atoms with Crippen LogP contribution in [0.1, 0.15) is 58.3 Å². The molecule has 1 aliphatic rings. The van der Waals surface area contributed by atoms with E-state index in [2.05, 4.69) is 30.1 Å². The molecule has 2 heterocycles. The van der Waals surface area contributed by atoms with Crippen LogP contribution in [0.15, 0.2) is 34.7 Å². The molecule has 1 saturated heterocycles. The molecule has 0 spiro atoms. The quantitative estimate of drug-likeness (QED) is 0.892. The highest BCUT2D eigenvalue weighted by atomic mass is 16.3. The summed E-state index contributed by atoms with van der Waals surface area (Å²) in [5.41, 5.74) is 0.891. The standard InChI is InChI=1S/C20H28N2O2/c1-4-17-10-7-8-12-22(17)20(23)15(3)21-14(2)19-13-16-9-5-6-11-18(16)24-19/h5-6,9,11,13-15,17,21H,4,7-8,10,12H2,1-3H3. The molecule has 3 rings (SSSR count). The zero-order valence-electron chi connectivity index (χ0n) is 14.9. The number of para-hydroxylation sites is 1. The van der Waals surface area contributed by atoms with Crippen LogP contribution in [0, 0.1) is 0 Å². The van der Waals surface area contributed by atoms with Gasteiger partial charge in [0.15, 0.2) is 0 Å². The maximum Gasteiger partial charge on any atom is 0.239 e. The van der Waals surface area contributed by atoms with Crippen molar-refractivity contribution in [1.29, 1.82) is 0 Å². The number of rotatable bonds is 5. The summed E-state index contributed by atoms with van der Waals surface area (Å²) in [6.07, 6.45) is 4.53. The number of piperidine rings is 1. The normalized spacial score (nSPS) is 21.0. The van der Waals surface area contributed by atoms with Crippen molar-refractivity contribution in [2.75, 3.05) is 6.54 Å². The van der Waals surface area contributed by atoms with E-state index in [4.69, 9.17) is 4.42 Å². The molecular weight excluding hydrogens is 300 g/mol. The van der Waals surface area contributed by atoms with Crippen LogP contribution in [-0.4, -0.2) is 29.4 Å². The summed E-state index contributed by atoms with van der Waals surface area (Å²) in [5, 5.41) is 4.51. The molecule has 0 radical (unpaired) electrons. The minimum absolute atomic E-state index is 0.00113. The summed E-state index contributed by atoms with van der Waals surface area (Å²) in [4.78, 5) is 14.9. The first-order chi connectivity index (χ1) is 11.6. The van der Waals surface area contributed by atoms with E-state index in [1.165, 1.54) is 6.42 Å². The van der Waals surface area contributed by atoms with Gasteiger partial charge in [-0.05, 0) is 51.7 Å². The second kappa shape index (κ2) is 7.39. The lowest BCUT2D eigenvalue weighted by atomic mass is 9.99. The van der Waals surface area contributed by atoms with E-state index >= 15 is 0 Å². The van der Waals surface area contributed by atoms with Crippen LogP contribution in [0.4, 0.5) is 0 Å². The fourth-order valence-electron chi connectivity index (χ4n) is 3.71. The third kappa shape index (κ3) is 3.48. The summed E-state index contributed by atoms with van der Waals surface area (Å²) >= 11 is 0. The third-order valence-corrected chi connectivity index (χ3v) is 5.12. The molecule has 1 amide bonds. The Morgan fingerprint density at radius 1 is 1.33 bits per heavy atom. The topological polar surface area (TPSA) is 45.5 Å². The molecule has 4 heteroatoms. The van der Waals surface area contributed by atoms with Gasteiger partial charge in [0.05, 0.1) is 12.1 Å². The van der Waals surface area contributed by atoms with E-state index in [1.807, 2.05) is 31.2 Å². The highest BCUT2D eigenvalue weighted by molar-refractivity contribution is 5.82. The van der Waals surface area contributed by atoms with E-state index in [9.17, 15) is 4.79 Å². The van der Waals surface area contributed by atoms with Crippen molar-refractivity contribution in [3.63, 3.8) is 0 Å². The Morgan fingerprint density at radius 3 is 2.88 bits per heavy atom. The molecular formula is C20H28N2O2. The number of benzene rings is 1. The minimum Gasteiger partial charge on any atom is -0.459 e. The molecule has 1 aromatic carbocycles. The average Bonchev–Trinajstić information content (AvgIpc) is 3.05. The first kappa shape index (κ1) is 17.0. The molecule has 0 aliphatic carbocycles. The van der Waals surface area contributed by atoms with Gasteiger partial charge in [-0.1, -0.05) is 25.1 Å². The Bertz CT molecular complexity index is 661. The SMILES string of the molecule is CCC1CCCCN1C(=O)C(C)NC(C)c1cc2ccccc2o1. The zero-order chi connectivity index (χ0) is 17.1. The van der Waals surface area contributed by atoms with Gasteiger partial charge in [-0.3, -0.25) is 10.1 Å². The highest BCUT2D eigenvalue weighted by Gasteiger charge is 2.29. The van der Waals surface area contributed by atoms with Crippen LogP contribution < -0.4 is 5.32 Å². The van der Waals surface area contributed by atoms with Gasteiger partial charge in [-0.25, -0.2) is 0 Å². The molecule has 1 aliphatic heterocycles. The Balaban J connectivity index is 1.66. The maximum absolute atomic E-state index is 12.8. The Morgan fingerprint density at radius 2 is 2.12 bits per heavy atom. The van der Waals surface area contributed by atoms with Crippen LogP contribution in [-0.2, 0) is 4.79 Å². The van der Waals surface area contributed by atoms with Crippen molar-refractivity contribution in [3.8, 4) is 0 Å². The van der Waals surface area contributed by atoms with Crippen molar-refractivity contribution < 1.29 is 9.21 Å². The fraction of sp³-hybridized carbons (Fsp3) is 0.550.